The van der Waals surface area contributed by atoms with Crippen molar-refractivity contribution in [2.24, 2.45) is 0 Å². The Hall–Kier alpha value is -2.69. The van der Waals surface area contributed by atoms with E-state index in [1.807, 2.05) is 6.07 Å². The van der Waals surface area contributed by atoms with Crippen LogP contribution in [-0.4, -0.2) is 26.0 Å². The van der Waals surface area contributed by atoms with E-state index in [4.69, 9.17) is 5.11 Å². The minimum Gasteiger partial charge on any atom is -0.478 e. The number of H-pyrrole nitrogens is 1. The van der Waals surface area contributed by atoms with Crippen molar-refractivity contribution in [3.05, 3.63) is 48.3 Å². The molecule has 0 aliphatic carbocycles. The molecule has 2 N–H and O–H groups in total. The number of nitrogens with one attached hydrogen (secondary N) is 1. The highest BCUT2D eigenvalue weighted by Gasteiger charge is 2.12. The molecule has 88 valence electrons. The Kier molecular flexibility index (Phi) is 2.30. The van der Waals surface area contributed by atoms with Gasteiger partial charge in [0.2, 0.25) is 0 Å². The Morgan fingerprint density at radius 1 is 1.22 bits per heavy atom. The summed E-state index contributed by atoms with van der Waals surface area (Å²) >= 11 is 0. The molecule has 0 aliphatic rings. The van der Waals surface area contributed by atoms with Crippen LogP contribution in [0.5, 0.6) is 0 Å². The highest BCUT2D eigenvalue weighted by molar-refractivity contribution is 6.01. The lowest BCUT2D eigenvalue weighted by molar-refractivity contribution is 0.0699. The van der Waals surface area contributed by atoms with E-state index in [1.54, 1.807) is 36.7 Å². The van der Waals surface area contributed by atoms with Gasteiger partial charge in [0.15, 0.2) is 0 Å². The van der Waals surface area contributed by atoms with Crippen LogP contribution in [-0.2, 0) is 0 Å². The molecule has 0 aliphatic heterocycles. The lowest BCUT2D eigenvalue weighted by Crippen LogP contribution is -1.96. The summed E-state index contributed by atoms with van der Waals surface area (Å²) in [4.78, 5) is 22.5. The van der Waals surface area contributed by atoms with E-state index in [-0.39, 0.29) is 5.56 Å². The Balaban J connectivity index is 2.23. The second-order valence-corrected chi connectivity index (χ2v) is 3.83. The third-order valence-corrected chi connectivity index (χ3v) is 2.68. The molecule has 2 aromatic heterocycles. The molecule has 3 aromatic rings. The number of aromatic amines is 1. The molecule has 0 saturated carbocycles. The highest BCUT2D eigenvalue weighted by Crippen LogP contribution is 2.22. The predicted molar refractivity (Wildman–Crippen MR) is 66.3 cm³/mol. The minimum absolute atomic E-state index is 0.193. The first-order chi connectivity index (χ1) is 8.75. The largest absolute Gasteiger partial charge is 0.478 e. The molecular weight excluding hydrogens is 230 g/mol. The number of para-hydroxylation sites is 1. The van der Waals surface area contributed by atoms with E-state index in [0.29, 0.717) is 16.9 Å². The number of pyridine rings is 1. The van der Waals surface area contributed by atoms with Gasteiger partial charge in [-0.2, -0.15) is 0 Å². The van der Waals surface area contributed by atoms with Crippen LogP contribution >= 0.6 is 0 Å². The summed E-state index contributed by atoms with van der Waals surface area (Å²) in [5.41, 5.74) is 2.18. The van der Waals surface area contributed by atoms with Gasteiger partial charge >= 0.3 is 5.97 Å². The number of fused-ring (bicyclic) bond motifs is 1. The van der Waals surface area contributed by atoms with Crippen LogP contribution < -0.4 is 0 Å². The second kappa shape index (κ2) is 3.96. The van der Waals surface area contributed by atoms with Crippen molar-refractivity contribution in [2.45, 2.75) is 0 Å². The van der Waals surface area contributed by atoms with Crippen molar-refractivity contribution in [3.63, 3.8) is 0 Å². The summed E-state index contributed by atoms with van der Waals surface area (Å²) in [5, 5.41) is 9.10. The standard InChI is InChI=1S/C13H9N3O2/c17-13(18)9-4-1-5-10-11(9)16-12(15-10)8-3-2-6-14-7-8/h1-7H,(H,15,16)(H,17,18). The molecule has 1 aromatic carbocycles. The lowest BCUT2D eigenvalue weighted by atomic mass is 10.2. The van der Waals surface area contributed by atoms with Crippen LogP contribution in [0.25, 0.3) is 22.4 Å². The van der Waals surface area contributed by atoms with Crippen molar-refractivity contribution in [2.75, 3.05) is 0 Å². The van der Waals surface area contributed by atoms with Crippen LogP contribution in [0, 0.1) is 0 Å². The monoisotopic (exact) mass is 239 g/mol. The summed E-state index contributed by atoms with van der Waals surface area (Å²) in [7, 11) is 0. The van der Waals surface area contributed by atoms with E-state index in [0.717, 1.165) is 5.56 Å². The van der Waals surface area contributed by atoms with Crippen LogP contribution in [0.3, 0.4) is 0 Å². The molecule has 3 rings (SSSR count). The average molecular weight is 239 g/mol. The van der Waals surface area contributed by atoms with Gasteiger partial charge in [-0.05, 0) is 24.3 Å². The molecule has 0 saturated heterocycles. The predicted octanol–water partition coefficient (Wildman–Crippen LogP) is 2.32. The summed E-state index contributed by atoms with van der Waals surface area (Å²) in [5.74, 6) is -0.364. The number of imidazole rings is 1. The number of aromatic carboxylic acids is 1. The first-order valence-corrected chi connectivity index (χ1v) is 5.38. The number of hydrogen-bond acceptors (Lipinski definition) is 3. The first-order valence-electron chi connectivity index (χ1n) is 5.38. The van der Waals surface area contributed by atoms with Crippen LogP contribution in [0.4, 0.5) is 0 Å². The number of aromatic nitrogens is 3. The topological polar surface area (TPSA) is 78.9 Å². The maximum absolute atomic E-state index is 11.1. The van der Waals surface area contributed by atoms with Gasteiger partial charge in [0.05, 0.1) is 11.1 Å². The van der Waals surface area contributed by atoms with E-state index < -0.39 is 5.97 Å². The molecule has 0 spiro atoms. The molecule has 0 bridgehead atoms. The SMILES string of the molecule is O=C(O)c1cccc2[nH]c(-c3cccnc3)nc12. The van der Waals surface area contributed by atoms with E-state index in [9.17, 15) is 4.79 Å². The van der Waals surface area contributed by atoms with Crippen molar-refractivity contribution in [1.29, 1.82) is 0 Å². The normalized spacial score (nSPS) is 10.7. The average Bonchev–Trinajstić information content (AvgIpc) is 2.83. The number of carboxylic acids is 1. The van der Waals surface area contributed by atoms with Crippen molar-refractivity contribution < 1.29 is 9.90 Å². The van der Waals surface area contributed by atoms with E-state index >= 15 is 0 Å². The van der Waals surface area contributed by atoms with Crippen molar-refractivity contribution >= 4 is 17.0 Å². The third-order valence-electron chi connectivity index (χ3n) is 2.68. The molecule has 2 heterocycles. The number of carbonyl (C=O) groups is 1. The second-order valence-electron chi connectivity index (χ2n) is 3.83. The minimum atomic E-state index is -0.982. The van der Waals surface area contributed by atoms with Crippen LogP contribution in [0.2, 0.25) is 0 Å². The fourth-order valence-electron chi connectivity index (χ4n) is 1.84. The fourth-order valence-corrected chi connectivity index (χ4v) is 1.84. The smallest absolute Gasteiger partial charge is 0.337 e. The Labute approximate surface area is 102 Å². The van der Waals surface area contributed by atoms with Gasteiger partial charge in [0, 0.05) is 18.0 Å². The highest BCUT2D eigenvalue weighted by atomic mass is 16.4. The Morgan fingerprint density at radius 3 is 2.83 bits per heavy atom. The molecule has 0 fully saturated rings. The molecule has 5 heteroatoms. The van der Waals surface area contributed by atoms with E-state index in [2.05, 4.69) is 15.0 Å². The quantitative estimate of drug-likeness (QED) is 0.719. The van der Waals surface area contributed by atoms with E-state index in [1.165, 1.54) is 0 Å². The Bertz CT molecular complexity index is 719. The molecule has 18 heavy (non-hydrogen) atoms. The Morgan fingerprint density at radius 2 is 2.11 bits per heavy atom. The molecule has 0 radical (unpaired) electrons. The zero-order valence-corrected chi connectivity index (χ0v) is 9.29. The first kappa shape index (κ1) is 10.5. The third kappa shape index (κ3) is 1.62. The maximum Gasteiger partial charge on any atom is 0.337 e. The number of benzene rings is 1. The molecule has 0 amide bonds. The summed E-state index contributed by atoms with van der Waals surface area (Å²) in [6, 6.07) is 8.70. The van der Waals surface area contributed by atoms with Gasteiger partial charge < -0.3 is 10.1 Å². The number of rotatable bonds is 2. The van der Waals surface area contributed by atoms with Crippen molar-refractivity contribution in [3.8, 4) is 11.4 Å². The number of carboxylic acid groups (broad SMARTS) is 1. The maximum atomic E-state index is 11.1. The zero-order valence-electron chi connectivity index (χ0n) is 9.29. The molecule has 5 nitrogen and oxygen atoms in total. The lowest BCUT2D eigenvalue weighted by Gasteiger charge is -1.93. The summed E-state index contributed by atoms with van der Waals surface area (Å²) in [6.45, 7) is 0. The number of nitrogens with zero attached hydrogens (tertiary/aromatic N) is 2. The van der Waals surface area contributed by atoms with Crippen LogP contribution in [0.15, 0.2) is 42.7 Å². The van der Waals surface area contributed by atoms with Gasteiger partial charge in [-0.15, -0.1) is 0 Å². The van der Waals surface area contributed by atoms with Gasteiger partial charge in [-0.1, -0.05) is 6.07 Å². The van der Waals surface area contributed by atoms with Gasteiger partial charge in [0.1, 0.15) is 11.3 Å². The number of hydrogen-bond donors (Lipinski definition) is 2. The molecular formula is C13H9N3O2. The fraction of sp³-hybridized carbons (Fsp3) is 0. The van der Waals surface area contributed by atoms with Crippen LogP contribution in [0.1, 0.15) is 10.4 Å². The molecule has 0 unspecified atom stereocenters. The summed E-state index contributed by atoms with van der Waals surface area (Å²) < 4.78 is 0. The van der Waals surface area contributed by atoms with Gasteiger partial charge in [-0.25, -0.2) is 9.78 Å². The zero-order chi connectivity index (χ0) is 12.5. The van der Waals surface area contributed by atoms with Gasteiger partial charge in [0.25, 0.3) is 0 Å². The summed E-state index contributed by atoms with van der Waals surface area (Å²) in [6.07, 6.45) is 3.35. The van der Waals surface area contributed by atoms with Gasteiger partial charge in [-0.3, -0.25) is 4.98 Å². The molecule has 0 atom stereocenters. The van der Waals surface area contributed by atoms with Crippen molar-refractivity contribution in [1.82, 2.24) is 15.0 Å².